The molecule has 8 heteroatoms. The zero-order valence-corrected chi connectivity index (χ0v) is 10.6. The van der Waals surface area contributed by atoms with Gasteiger partial charge in [-0.15, -0.1) is 10.2 Å². The number of thioether (sulfide) groups is 1. The molecule has 2 aromatic rings. The largest absolute Gasteiger partial charge is 0.369 e. The molecule has 0 bridgehead atoms. The minimum Gasteiger partial charge on any atom is -0.369 e. The molecule has 0 radical (unpaired) electrons. The fourth-order valence-corrected chi connectivity index (χ4v) is 2.16. The Balaban J connectivity index is 2.30. The van der Waals surface area contributed by atoms with Crippen LogP contribution >= 0.6 is 11.8 Å². The van der Waals surface area contributed by atoms with E-state index in [1.54, 1.807) is 18.6 Å². The summed E-state index contributed by atoms with van der Waals surface area (Å²) in [5, 5.41) is 8.76. The molecular weight excluding hydrogens is 252 g/mol. The lowest BCUT2D eigenvalue weighted by molar-refractivity contribution is -0.115. The minimum atomic E-state index is -0.383. The predicted molar refractivity (Wildman–Crippen MR) is 66.6 cm³/mol. The molecule has 2 N–H and O–H groups in total. The minimum absolute atomic E-state index is 0.179. The van der Waals surface area contributed by atoms with Gasteiger partial charge in [-0.05, 0) is 6.92 Å². The van der Waals surface area contributed by atoms with Crippen LogP contribution in [-0.2, 0) is 11.3 Å². The molecule has 1 amide bonds. The Morgan fingerprint density at radius 2 is 2.28 bits per heavy atom. The van der Waals surface area contributed by atoms with E-state index < -0.39 is 0 Å². The normalized spacial score (nSPS) is 10.5. The van der Waals surface area contributed by atoms with Crippen LogP contribution < -0.4 is 5.73 Å². The third kappa shape index (κ3) is 2.65. The molecule has 0 saturated heterocycles. The maximum Gasteiger partial charge on any atom is 0.227 e. The number of rotatable bonds is 5. The quantitative estimate of drug-likeness (QED) is 0.781. The molecule has 0 saturated carbocycles. The highest BCUT2D eigenvalue weighted by molar-refractivity contribution is 7.99. The first-order valence-corrected chi connectivity index (χ1v) is 6.31. The summed E-state index contributed by atoms with van der Waals surface area (Å²) in [6, 6.07) is 0. The van der Waals surface area contributed by atoms with E-state index in [1.807, 2.05) is 11.5 Å². The van der Waals surface area contributed by atoms with E-state index in [2.05, 4.69) is 20.2 Å². The second-order valence-electron chi connectivity index (χ2n) is 3.40. The van der Waals surface area contributed by atoms with Gasteiger partial charge in [0.05, 0.1) is 11.9 Å². The molecule has 18 heavy (non-hydrogen) atoms. The first-order chi connectivity index (χ1) is 8.72. The number of hydrogen-bond donors (Lipinski definition) is 1. The van der Waals surface area contributed by atoms with Gasteiger partial charge in [-0.1, -0.05) is 11.8 Å². The average Bonchev–Trinajstić information content (AvgIpc) is 2.80. The molecule has 0 aliphatic carbocycles. The van der Waals surface area contributed by atoms with E-state index in [-0.39, 0.29) is 11.7 Å². The molecule has 94 valence electrons. The zero-order valence-electron chi connectivity index (χ0n) is 9.78. The zero-order chi connectivity index (χ0) is 13.0. The van der Waals surface area contributed by atoms with Crippen LogP contribution in [0.1, 0.15) is 6.92 Å². The van der Waals surface area contributed by atoms with Gasteiger partial charge in [0.25, 0.3) is 0 Å². The van der Waals surface area contributed by atoms with Crippen LogP contribution in [-0.4, -0.2) is 36.4 Å². The summed E-state index contributed by atoms with van der Waals surface area (Å²) >= 11 is 1.26. The fraction of sp³-hybridized carbons (Fsp3) is 0.300. The van der Waals surface area contributed by atoms with Gasteiger partial charge in [0.1, 0.15) is 5.69 Å². The van der Waals surface area contributed by atoms with Gasteiger partial charge in [0, 0.05) is 18.9 Å². The molecule has 0 unspecified atom stereocenters. The van der Waals surface area contributed by atoms with E-state index in [9.17, 15) is 4.79 Å². The summed E-state index contributed by atoms with van der Waals surface area (Å²) in [5.74, 6) is 0.433. The van der Waals surface area contributed by atoms with Gasteiger partial charge in [0.2, 0.25) is 5.91 Å². The van der Waals surface area contributed by atoms with Gasteiger partial charge in [-0.3, -0.25) is 9.78 Å². The Kier molecular flexibility index (Phi) is 3.88. The van der Waals surface area contributed by atoms with Crippen molar-refractivity contribution in [1.29, 1.82) is 0 Å². The number of carbonyl (C=O) groups is 1. The summed E-state index contributed by atoms with van der Waals surface area (Å²) in [5.41, 5.74) is 5.76. The second-order valence-corrected chi connectivity index (χ2v) is 4.34. The SMILES string of the molecule is CCn1c(SCC(N)=O)nnc1-c1cnccn1. The summed E-state index contributed by atoms with van der Waals surface area (Å²) in [7, 11) is 0. The van der Waals surface area contributed by atoms with Gasteiger partial charge < -0.3 is 10.3 Å². The molecule has 0 spiro atoms. The number of nitrogens with zero attached hydrogens (tertiary/aromatic N) is 5. The van der Waals surface area contributed by atoms with Gasteiger partial charge in [-0.2, -0.15) is 0 Å². The van der Waals surface area contributed by atoms with Gasteiger partial charge in [0.15, 0.2) is 11.0 Å². The van der Waals surface area contributed by atoms with Crippen molar-refractivity contribution < 1.29 is 4.79 Å². The molecule has 2 aromatic heterocycles. The summed E-state index contributed by atoms with van der Waals surface area (Å²) in [6.07, 6.45) is 4.82. The molecule has 7 nitrogen and oxygen atoms in total. The predicted octanol–water partition coefficient (Wildman–Crippen LogP) is 0.332. The summed E-state index contributed by atoms with van der Waals surface area (Å²) in [4.78, 5) is 18.9. The number of amides is 1. The van der Waals surface area contributed by atoms with Crippen molar-refractivity contribution in [3.8, 4) is 11.5 Å². The van der Waals surface area contributed by atoms with Crippen molar-refractivity contribution >= 4 is 17.7 Å². The second kappa shape index (κ2) is 5.58. The molecule has 0 aromatic carbocycles. The lowest BCUT2D eigenvalue weighted by atomic mass is 10.4. The number of primary amides is 1. The first kappa shape index (κ1) is 12.5. The third-order valence-corrected chi connectivity index (χ3v) is 3.16. The maximum atomic E-state index is 10.8. The highest BCUT2D eigenvalue weighted by Gasteiger charge is 2.14. The van der Waals surface area contributed by atoms with Crippen LogP contribution in [0, 0.1) is 0 Å². The van der Waals surface area contributed by atoms with Crippen LogP contribution in [0.3, 0.4) is 0 Å². The van der Waals surface area contributed by atoms with Crippen LogP contribution in [0.5, 0.6) is 0 Å². The topological polar surface area (TPSA) is 99.6 Å². The lowest BCUT2D eigenvalue weighted by Crippen LogP contribution is -2.13. The summed E-state index contributed by atoms with van der Waals surface area (Å²) in [6.45, 7) is 2.65. The van der Waals surface area contributed by atoms with E-state index in [0.717, 1.165) is 0 Å². The van der Waals surface area contributed by atoms with Crippen molar-refractivity contribution in [2.24, 2.45) is 5.73 Å². The molecule has 0 atom stereocenters. The number of nitrogens with two attached hydrogens (primary N) is 1. The Hall–Kier alpha value is -1.96. The maximum absolute atomic E-state index is 10.8. The van der Waals surface area contributed by atoms with Gasteiger partial charge >= 0.3 is 0 Å². The summed E-state index contributed by atoms with van der Waals surface area (Å²) < 4.78 is 1.87. The number of hydrogen-bond acceptors (Lipinski definition) is 6. The number of carbonyl (C=O) groups excluding carboxylic acids is 1. The average molecular weight is 264 g/mol. The molecule has 2 heterocycles. The molecule has 0 aliphatic rings. The number of aromatic nitrogens is 5. The Labute approximate surface area is 108 Å². The van der Waals surface area contributed by atoms with Crippen molar-refractivity contribution in [1.82, 2.24) is 24.7 Å². The van der Waals surface area contributed by atoms with E-state index in [4.69, 9.17) is 5.73 Å². The van der Waals surface area contributed by atoms with E-state index in [1.165, 1.54) is 11.8 Å². The molecule has 0 aliphatic heterocycles. The third-order valence-electron chi connectivity index (χ3n) is 2.17. The Morgan fingerprint density at radius 3 is 2.89 bits per heavy atom. The highest BCUT2D eigenvalue weighted by Crippen LogP contribution is 2.21. The van der Waals surface area contributed by atoms with Crippen molar-refractivity contribution in [3.05, 3.63) is 18.6 Å². The Bertz CT molecular complexity index is 541. The standard InChI is InChI=1S/C10H12N6OS/c1-2-16-9(7-5-12-3-4-13-7)14-15-10(16)18-6-8(11)17/h3-5H,2,6H2,1H3,(H2,11,17). The molecular formula is C10H12N6OS. The highest BCUT2D eigenvalue weighted by atomic mass is 32.2. The Morgan fingerprint density at radius 1 is 1.44 bits per heavy atom. The smallest absolute Gasteiger partial charge is 0.227 e. The van der Waals surface area contributed by atoms with Crippen molar-refractivity contribution in [3.63, 3.8) is 0 Å². The monoisotopic (exact) mass is 264 g/mol. The molecule has 2 rings (SSSR count). The van der Waals surface area contributed by atoms with E-state index in [0.29, 0.717) is 23.2 Å². The van der Waals surface area contributed by atoms with E-state index >= 15 is 0 Å². The van der Waals surface area contributed by atoms with Crippen LogP contribution in [0.2, 0.25) is 0 Å². The lowest BCUT2D eigenvalue weighted by Gasteiger charge is -2.05. The van der Waals surface area contributed by atoms with Crippen LogP contribution in [0.25, 0.3) is 11.5 Å². The fourth-order valence-electron chi connectivity index (χ4n) is 1.42. The van der Waals surface area contributed by atoms with Gasteiger partial charge in [-0.25, -0.2) is 4.98 Å². The van der Waals surface area contributed by atoms with Crippen molar-refractivity contribution in [2.75, 3.05) is 5.75 Å². The van der Waals surface area contributed by atoms with Crippen LogP contribution in [0.15, 0.2) is 23.7 Å². The first-order valence-electron chi connectivity index (χ1n) is 5.33. The van der Waals surface area contributed by atoms with Crippen molar-refractivity contribution in [2.45, 2.75) is 18.6 Å². The molecule has 0 fully saturated rings. The van der Waals surface area contributed by atoms with Crippen LogP contribution in [0.4, 0.5) is 0 Å².